The van der Waals surface area contributed by atoms with Gasteiger partial charge in [-0.2, -0.15) is 0 Å². The van der Waals surface area contributed by atoms with Crippen LogP contribution in [0.3, 0.4) is 0 Å². The first-order valence-electron chi connectivity index (χ1n) is 6.02. The van der Waals surface area contributed by atoms with Gasteiger partial charge in [0.15, 0.2) is 0 Å². The van der Waals surface area contributed by atoms with E-state index >= 15 is 0 Å². The predicted molar refractivity (Wildman–Crippen MR) is 79.1 cm³/mol. The second kappa shape index (κ2) is 6.91. The molecule has 0 aliphatic heterocycles. The van der Waals surface area contributed by atoms with Crippen LogP contribution in [-0.4, -0.2) is 11.1 Å². The number of hydrogen-bond donors (Lipinski definition) is 1. The second-order valence-corrected chi connectivity index (χ2v) is 5.18. The fraction of sp³-hybridized carbons (Fsp3) is 0.0625. The van der Waals surface area contributed by atoms with Crippen molar-refractivity contribution >= 4 is 23.8 Å². The highest BCUT2D eigenvalue weighted by Gasteiger charge is 2.02. The molecule has 0 heterocycles. The standard InChI is InChI=1S/C16H13FO2S/c17-15-8-6-12(10-13(15)7-9-16(18)19)11-20-14-4-2-1-3-5-14/h1-10H,11H2,(H,18,19). The minimum absolute atomic E-state index is 0.290. The molecule has 0 atom stereocenters. The fourth-order valence-corrected chi connectivity index (χ4v) is 2.52. The molecule has 0 unspecified atom stereocenters. The lowest BCUT2D eigenvalue weighted by Gasteiger charge is -2.04. The molecule has 2 aromatic rings. The number of carbonyl (C=O) groups is 1. The molecule has 0 saturated heterocycles. The summed E-state index contributed by atoms with van der Waals surface area (Å²) < 4.78 is 13.5. The van der Waals surface area contributed by atoms with Gasteiger partial charge in [-0.1, -0.05) is 24.3 Å². The zero-order valence-electron chi connectivity index (χ0n) is 10.6. The maximum Gasteiger partial charge on any atom is 0.328 e. The van der Waals surface area contributed by atoms with E-state index in [-0.39, 0.29) is 0 Å². The van der Waals surface area contributed by atoms with Gasteiger partial charge < -0.3 is 5.11 Å². The van der Waals surface area contributed by atoms with Gasteiger partial charge in [-0.05, 0) is 35.9 Å². The molecule has 0 bridgehead atoms. The number of hydrogen-bond acceptors (Lipinski definition) is 2. The maximum atomic E-state index is 13.5. The van der Waals surface area contributed by atoms with Gasteiger partial charge in [0.1, 0.15) is 5.82 Å². The summed E-state index contributed by atoms with van der Waals surface area (Å²) in [5.41, 5.74) is 1.24. The summed E-state index contributed by atoms with van der Waals surface area (Å²) in [6, 6.07) is 14.7. The van der Waals surface area contributed by atoms with Gasteiger partial charge in [0, 0.05) is 22.3 Å². The molecule has 0 spiro atoms. The van der Waals surface area contributed by atoms with Gasteiger partial charge in [0.05, 0.1) is 0 Å². The van der Waals surface area contributed by atoms with Crippen LogP contribution in [0.25, 0.3) is 6.08 Å². The number of aliphatic carboxylic acids is 1. The van der Waals surface area contributed by atoms with Gasteiger partial charge in [0.2, 0.25) is 0 Å². The SMILES string of the molecule is O=C(O)C=Cc1cc(CSc2ccccc2)ccc1F. The van der Waals surface area contributed by atoms with E-state index in [9.17, 15) is 9.18 Å². The molecule has 20 heavy (non-hydrogen) atoms. The summed E-state index contributed by atoms with van der Waals surface area (Å²) in [6.45, 7) is 0. The molecular weight excluding hydrogens is 275 g/mol. The third-order valence-electron chi connectivity index (χ3n) is 2.61. The molecule has 0 fully saturated rings. The molecule has 2 rings (SSSR count). The quantitative estimate of drug-likeness (QED) is 0.661. The van der Waals surface area contributed by atoms with Gasteiger partial charge >= 0.3 is 5.97 Å². The minimum Gasteiger partial charge on any atom is -0.478 e. The molecule has 2 nitrogen and oxygen atoms in total. The zero-order chi connectivity index (χ0) is 14.4. The number of thioether (sulfide) groups is 1. The Balaban J connectivity index is 2.09. The number of halogens is 1. The zero-order valence-corrected chi connectivity index (χ0v) is 11.4. The van der Waals surface area contributed by atoms with E-state index in [1.54, 1.807) is 23.9 Å². The van der Waals surface area contributed by atoms with Crippen LogP contribution in [0.2, 0.25) is 0 Å². The van der Waals surface area contributed by atoms with Crippen LogP contribution in [0, 0.1) is 5.82 Å². The number of rotatable bonds is 5. The van der Waals surface area contributed by atoms with Gasteiger partial charge in [-0.15, -0.1) is 11.8 Å². The molecule has 102 valence electrons. The summed E-state index contributed by atoms with van der Waals surface area (Å²) in [4.78, 5) is 11.6. The number of carboxylic acids is 1. The molecule has 0 aliphatic rings. The smallest absolute Gasteiger partial charge is 0.328 e. The third kappa shape index (κ3) is 4.24. The van der Waals surface area contributed by atoms with Gasteiger partial charge in [-0.3, -0.25) is 0 Å². The van der Waals surface area contributed by atoms with Crippen molar-refractivity contribution in [3.05, 3.63) is 71.6 Å². The summed E-state index contributed by atoms with van der Waals surface area (Å²) in [7, 11) is 0. The first-order chi connectivity index (χ1) is 9.65. The van der Waals surface area contributed by atoms with E-state index in [1.165, 1.54) is 12.1 Å². The van der Waals surface area contributed by atoms with Crippen molar-refractivity contribution in [2.45, 2.75) is 10.6 Å². The molecular formula is C16H13FO2S. The van der Waals surface area contributed by atoms with Gasteiger partial charge in [0.25, 0.3) is 0 Å². The van der Waals surface area contributed by atoms with Crippen LogP contribution < -0.4 is 0 Å². The highest BCUT2D eigenvalue weighted by atomic mass is 32.2. The van der Waals surface area contributed by atoms with E-state index in [0.717, 1.165) is 16.5 Å². The van der Waals surface area contributed by atoms with Crippen molar-refractivity contribution in [2.24, 2.45) is 0 Å². The molecule has 2 aromatic carbocycles. The Hall–Kier alpha value is -2.07. The normalized spacial score (nSPS) is 10.8. The highest BCUT2D eigenvalue weighted by Crippen LogP contribution is 2.23. The van der Waals surface area contributed by atoms with E-state index in [1.807, 2.05) is 30.3 Å². The average Bonchev–Trinajstić information content (AvgIpc) is 2.46. The molecule has 0 aliphatic carbocycles. The number of carboxylic acid groups (broad SMARTS) is 1. The summed E-state index contributed by atoms with van der Waals surface area (Å²) in [5.74, 6) is -0.803. The van der Waals surface area contributed by atoms with Crippen molar-refractivity contribution in [1.29, 1.82) is 0 Å². The van der Waals surface area contributed by atoms with Crippen LogP contribution >= 0.6 is 11.8 Å². The summed E-state index contributed by atoms with van der Waals surface area (Å²) in [5, 5.41) is 8.57. The Morgan fingerprint density at radius 2 is 1.95 bits per heavy atom. The summed E-state index contributed by atoms with van der Waals surface area (Å²) in [6.07, 6.45) is 2.21. The Kier molecular flexibility index (Phi) is 4.96. The van der Waals surface area contributed by atoms with Crippen molar-refractivity contribution < 1.29 is 14.3 Å². The second-order valence-electron chi connectivity index (χ2n) is 4.13. The topological polar surface area (TPSA) is 37.3 Å². The first-order valence-corrected chi connectivity index (χ1v) is 7.01. The van der Waals surface area contributed by atoms with Crippen LogP contribution in [0.15, 0.2) is 59.5 Å². The Morgan fingerprint density at radius 1 is 1.20 bits per heavy atom. The van der Waals surface area contributed by atoms with Gasteiger partial charge in [-0.25, -0.2) is 9.18 Å². The van der Waals surface area contributed by atoms with Crippen molar-refractivity contribution in [2.75, 3.05) is 0 Å². The lowest BCUT2D eigenvalue weighted by molar-refractivity contribution is -0.131. The van der Waals surface area contributed by atoms with Crippen molar-refractivity contribution in [3.8, 4) is 0 Å². The number of benzene rings is 2. The lowest BCUT2D eigenvalue weighted by Crippen LogP contribution is -1.90. The molecule has 0 saturated carbocycles. The Morgan fingerprint density at radius 3 is 2.65 bits per heavy atom. The van der Waals surface area contributed by atoms with E-state index in [2.05, 4.69) is 0 Å². The molecule has 0 amide bonds. The van der Waals surface area contributed by atoms with E-state index in [4.69, 9.17) is 5.11 Å². The van der Waals surface area contributed by atoms with Crippen LogP contribution in [0.4, 0.5) is 4.39 Å². The van der Waals surface area contributed by atoms with Crippen LogP contribution in [0.1, 0.15) is 11.1 Å². The van der Waals surface area contributed by atoms with Crippen LogP contribution in [0.5, 0.6) is 0 Å². The van der Waals surface area contributed by atoms with Crippen LogP contribution in [-0.2, 0) is 10.5 Å². The first kappa shape index (κ1) is 14.3. The van der Waals surface area contributed by atoms with E-state index in [0.29, 0.717) is 11.3 Å². The Bertz CT molecular complexity index is 624. The molecule has 0 radical (unpaired) electrons. The van der Waals surface area contributed by atoms with E-state index < -0.39 is 11.8 Å². The van der Waals surface area contributed by atoms with Crippen molar-refractivity contribution in [1.82, 2.24) is 0 Å². The molecule has 4 heteroatoms. The minimum atomic E-state index is -1.09. The predicted octanol–water partition coefficient (Wildman–Crippen LogP) is 4.22. The Labute approximate surface area is 121 Å². The highest BCUT2D eigenvalue weighted by molar-refractivity contribution is 7.98. The third-order valence-corrected chi connectivity index (χ3v) is 3.70. The fourth-order valence-electron chi connectivity index (χ4n) is 1.66. The monoisotopic (exact) mass is 288 g/mol. The lowest BCUT2D eigenvalue weighted by atomic mass is 10.1. The van der Waals surface area contributed by atoms with Crippen molar-refractivity contribution in [3.63, 3.8) is 0 Å². The summed E-state index contributed by atoms with van der Waals surface area (Å²) >= 11 is 1.65. The largest absolute Gasteiger partial charge is 0.478 e. The molecule has 1 N–H and O–H groups in total. The maximum absolute atomic E-state index is 13.5. The average molecular weight is 288 g/mol. The molecule has 0 aromatic heterocycles.